The second-order valence-electron chi connectivity index (χ2n) is 6.13. The molecule has 0 atom stereocenters. The van der Waals surface area contributed by atoms with Crippen molar-refractivity contribution in [1.82, 2.24) is 24.5 Å². The van der Waals surface area contributed by atoms with E-state index in [0.29, 0.717) is 32.9 Å². The molecule has 148 valence electrons. The molecule has 8 nitrogen and oxygen atoms in total. The van der Waals surface area contributed by atoms with Gasteiger partial charge in [-0.1, -0.05) is 34.5 Å². The lowest BCUT2D eigenvalue weighted by Crippen LogP contribution is -2.21. The summed E-state index contributed by atoms with van der Waals surface area (Å²) in [6.07, 6.45) is 1.44. The Bertz CT molecular complexity index is 1270. The molecule has 0 fully saturated rings. The minimum Gasteiger partial charge on any atom is -0.493 e. The van der Waals surface area contributed by atoms with Crippen molar-refractivity contribution in [3.8, 4) is 17.2 Å². The summed E-state index contributed by atoms with van der Waals surface area (Å²) in [5.74, 6) is 1.11. The first kappa shape index (κ1) is 19.2. The molecule has 2 aromatic carbocycles. The maximum atomic E-state index is 12.9. The van der Waals surface area contributed by atoms with Crippen molar-refractivity contribution in [2.45, 2.75) is 6.54 Å². The van der Waals surface area contributed by atoms with Gasteiger partial charge in [-0.15, -0.1) is 5.10 Å². The molecule has 0 saturated heterocycles. The molecule has 29 heavy (non-hydrogen) atoms. The van der Waals surface area contributed by atoms with Crippen LogP contribution >= 0.6 is 23.2 Å². The molecule has 0 radical (unpaired) electrons. The molecule has 2 heterocycles. The standard InChI is InChI=1S/C19H15Cl2N5O3/c1-28-15-6-5-13(8-16(15)29-2)26-18-17(23-24-26)19(27)25(10-22-18)9-11-3-4-12(20)7-14(11)21/h3-8,10H,9H2,1-2H3. The molecule has 0 spiro atoms. The molecule has 0 amide bonds. The first-order valence-electron chi connectivity index (χ1n) is 8.49. The van der Waals surface area contributed by atoms with Crippen molar-refractivity contribution in [2.24, 2.45) is 0 Å². The van der Waals surface area contributed by atoms with E-state index in [4.69, 9.17) is 32.7 Å². The number of rotatable bonds is 5. The Morgan fingerprint density at radius 1 is 1.03 bits per heavy atom. The molecule has 0 N–H and O–H groups in total. The van der Waals surface area contributed by atoms with Gasteiger partial charge < -0.3 is 9.47 Å². The van der Waals surface area contributed by atoms with E-state index in [9.17, 15) is 4.79 Å². The largest absolute Gasteiger partial charge is 0.493 e. The van der Waals surface area contributed by atoms with Crippen LogP contribution in [0.1, 0.15) is 5.56 Å². The second-order valence-corrected chi connectivity index (χ2v) is 6.97. The number of halogens is 2. The van der Waals surface area contributed by atoms with Crippen LogP contribution in [-0.2, 0) is 6.54 Å². The van der Waals surface area contributed by atoms with Gasteiger partial charge in [-0.2, -0.15) is 4.68 Å². The number of fused-ring (bicyclic) bond motifs is 1. The topological polar surface area (TPSA) is 84.1 Å². The predicted molar refractivity (Wildman–Crippen MR) is 110 cm³/mol. The van der Waals surface area contributed by atoms with Crippen LogP contribution in [0.4, 0.5) is 0 Å². The first-order valence-corrected chi connectivity index (χ1v) is 9.24. The normalized spacial score (nSPS) is 11.0. The Kier molecular flexibility index (Phi) is 5.12. The zero-order chi connectivity index (χ0) is 20.5. The van der Waals surface area contributed by atoms with Gasteiger partial charge in [0.15, 0.2) is 22.7 Å². The van der Waals surface area contributed by atoms with E-state index in [1.807, 2.05) is 0 Å². The minimum absolute atomic E-state index is 0.146. The molecule has 0 unspecified atom stereocenters. The fourth-order valence-electron chi connectivity index (χ4n) is 2.92. The summed E-state index contributed by atoms with van der Waals surface area (Å²) < 4.78 is 13.5. The highest BCUT2D eigenvalue weighted by Gasteiger charge is 2.15. The maximum absolute atomic E-state index is 12.9. The monoisotopic (exact) mass is 431 g/mol. The first-order chi connectivity index (χ1) is 14.0. The molecule has 10 heteroatoms. The molecule has 0 bridgehead atoms. The van der Waals surface area contributed by atoms with Crippen LogP contribution in [0.2, 0.25) is 10.0 Å². The molecule has 0 aliphatic carbocycles. The highest BCUT2D eigenvalue weighted by atomic mass is 35.5. The van der Waals surface area contributed by atoms with Gasteiger partial charge in [0.1, 0.15) is 6.33 Å². The third-order valence-electron chi connectivity index (χ3n) is 4.40. The van der Waals surface area contributed by atoms with E-state index in [-0.39, 0.29) is 17.6 Å². The fraction of sp³-hybridized carbons (Fsp3) is 0.158. The van der Waals surface area contributed by atoms with E-state index < -0.39 is 0 Å². The van der Waals surface area contributed by atoms with Crippen molar-refractivity contribution in [2.75, 3.05) is 14.2 Å². The van der Waals surface area contributed by atoms with Crippen molar-refractivity contribution < 1.29 is 9.47 Å². The fourth-order valence-corrected chi connectivity index (χ4v) is 3.39. The predicted octanol–water partition coefficient (Wildman–Crippen LogP) is 3.35. The van der Waals surface area contributed by atoms with Gasteiger partial charge in [-0.05, 0) is 29.8 Å². The number of methoxy groups -OCH3 is 2. The van der Waals surface area contributed by atoms with Crippen molar-refractivity contribution in [3.63, 3.8) is 0 Å². The molecular formula is C19H15Cl2N5O3. The number of benzene rings is 2. The lowest BCUT2D eigenvalue weighted by atomic mass is 10.2. The Morgan fingerprint density at radius 3 is 2.55 bits per heavy atom. The SMILES string of the molecule is COc1ccc(-n2nnc3c(=O)n(Cc4ccc(Cl)cc4Cl)cnc32)cc1OC. The van der Waals surface area contributed by atoms with Crippen LogP contribution in [-0.4, -0.2) is 38.8 Å². The quantitative estimate of drug-likeness (QED) is 0.481. The minimum atomic E-state index is -0.326. The van der Waals surface area contributed by atoms with E-state index in [1.54, 1.807) is 50.6 Å². The summed E-state index contributed by atoms with van der Waals surface area (Å²) in [5, 5.41) is 9.10. The van der Waals surface area contributed by atoms with Gasteiger partial charge in [0, 0.05) is 16.1 Å². The average molecular weight is 432 g/mol. The molecule has 2 aromatic heterocycles. The molecule has 0 saturated carbocycles. The highest BCUT2D eigenvalue weighted by molar-refractivity contribution is 6.35. The maximum Gasteiger partial charge on any atom is 0.283 e. The number of hydrogen-bond donors (Lipinski definition) is 0. The Labute approximate surface area is 175 Å². The van der Waals surface area contributed by atoms with E-state index in [2.05, 4.69) is 15.3 Å². The lowest BCUT2D eigenvalue weighted by Gasteiger charge is -2.10. The van der Waals surface area contributed by atoms with Gasteiger partial charge in [0.05, 0.1) is 26.5 Å². The third kappa shape index (κ3) is 3.52. The van der Waals surface area contributed by atoms with Crippen LogP contribution in [0, 0.1) is 0 Å². The lowest BCUT2D eigenvalue weighted by molar-refractivity contribution is 0.355. The zero-order valence-electron chi connectivity index (χ0n) is 15.5. The van der Waals surface area contributed by atoms with Crippen molar-refractivity contribution in [3.05, 3.63) is 68.7 Å². The smallest absolute Gasteiger partial charge is 0.283 e. The van der Waals surface area contributed by atoms with Crippen molar-refractivity contribution >= 4 is 34.4 Å². The van der Waals surface area contributed by atoms with Gasteiger partial charge in [-0.25, -0.2) is 4.98 Å². The van der Waals surface area contributed by atoms with Crippen LogP contribution in [0.15, 0.2) is 47.5 Å². The molecular weight excluding hydrogens is 417 g/mol. The third-order valence-corrected chi connectivity index (χ3v) is 4.98. The van der Waals surface area contributed by atoms with E-state index in [1.165, 1.54) is 15.6 Å². The van der Waals surface area contributed by atoms with E-state index >= 15 is 0 Å². The average Bonchev–Trinajstić information content (AvgIpc) is 3.16. The van der Waals surface area contributed by atoms with Gasteiger partial charge in [-0.3, -0.25) is 9.36 Å². The summed E-state index contributed by atoms with van der Waals surface area (Å²) in [7, 11) is 3.10. The summed E-state index contributed by atoms with van der Waals surface area (Å²) in [6.45, 7) is 0.237. The summed E-state index contributed by atoms with van der Waals surface area (Å²) in [5.41, 5.74) is 1.53. The van der Waals surface area contributed by atoms with Crippen LogP contribution in [0.25, 0.3) is 16.9 Å². The Balaban J connectivity index is 1.75. The molecule has 0 aliphatic rings. The summed E-state index contributed by atoms with van der Waals surface area (Å²) in [6, 6.07) is 10.4. The van der Waals surface area contributed by atoms with Gasteiger partial charge >= 0.3 is 0 Å². The summed E-state index contributed by atoms with van der Waals surface area (Å²) >= 11 is 12.1. The highest BCUT2D eigenvalue weighted by Crippen LogP contribution is 2.29. The number of ether oxygens (including phenoxy) is 2. The number of aromatic nitrogens is 5. The van der Waals surface area contributed by atoms with Gasteiger partial charge in [0.2, 0.25) is 0 Å². The molecule has 0 aliphatic heterocycles. The molecule has 4 rings (SSSR count). The molecule has 4 aromatic rings. The number of hydrogen-bond acceptors (Lipinski definition) is 6. The number of nitrogens with zero attached hydrogens (tertiary/aromatic N) is 5. The van der Waals surface area contributed by atoms with Crippen LogP contribution in [0.3, 0.4) is 0 Å². The summed E-state index contributed by atoms with van der Waals surface area (Å²) in [4.78, 5) is 17.3. The van der Waals surface area contributed by atoms with Crippen LogP contribution < -0.4 is 15.0 Å². The van der Waals surface area contributed by atoms with Crippen molar-refractivity contribution in [1.29, 1.82) is 0 Å². The zero-order valence-corrected chi connectivity index (χ0v) is 17.0. The Morgan fingerprint density at radius 2 is 1.83 bits per heavy atom. The Hall–Kier alpha value is -3.10. The van der Waals surface area contributed by atoms with Gasteiger partial charge in [0.25, 0.3) is 5.56 Å². The van der Waals surface area contributed by atoms with E-state index in [0.717, 1.165) is 5.56 Å². The second kappa shape index (κ2) is 7.73. The van der Waals surface area contributed by atoms with Crippen LogP contribution in [0.5, 0.6) is 11.5 Å².